The van der Waals surface area contributed by atoms with Gasteiger partial charge in [0.25, 0.3) is 5.60 Å². The second-order valence-electron chi connectivity index (χ2n) is 8.99. The van der Waals surface area contributed by atoms with Crippen LogP contribution in [0.15, 0.2) is 76.7 Å². The molecule has 1 atom stereocenters. The molecule has 0 amide bonds. The molecule has 3 aromatic rings. The number of para-hydroxylation sites is 1. The van der Waals surface area contributed by atoms with Gasteiger partial charge >= 0.3 is 12.4 Å². The highest BCUT2D eigenvalue weighted by molar-refractivity contribution is 7.90. The van der Waals surface area contributed by atoms with E-state index in [2.05, 4.69) is 5.10 Å². The number of aliphatic hydroxyl groups is 1. The summed E-state index contributed by atoms with van der Waals surface area (Å²) in [6, 6.07) is 16.3. The van der Waals surface area contributed by atoms with Crippen LogP contribution in [0.1, 0.15) is 23.6 Å². The van der Waals surface area contributed by atoms with Crippen LogP contribution in [0.5, 0.6) is 0 Å². The molecule has 1 N–H and O–H groups in total. The fourth-order valence-electron chi connectivity index (χ4n) is 4.35. The van der Waals surface area contributed by atoms with Crippen LogP contribution in [-0.2, 0) is 9.84 Å². The van der Waals surface area contributed by atoms with E-state index in [4.69, 9.17) is 11.6 Å². The second-order valence-corrected chi connectivity index (χ2v) is 11.4. The van der Waals surface area contributed by atoms with Gasteiger partial charge in [-0.3, -0.25) is 5.01 Å². The highest BCUT2D eigenvalue weighted by Crippen LogP contribution is 2.49. The van der Waals surface area contributed by atoms with Crippen molar-refractivity contribution in [2.45, 2.75) is 35.3 Å². The molecule has 0 spiro atoms. The van der Waals surface area contributed by atoms with E-state index in [1.807, 2.05) is 6.07 Å². The summed E-state index contributed by atoms with van der Waals surface area (Å²) in [5, 5.41) is 23.9. The van der Waals surface area contributed by atoms with Gasteiger partial charge in [0.1, 0.15) is 6.07 Å². The first kappa shape index (κ1) is 29.4. The number of nitriles is 1. The van der Waals surface area contributed by atoms with Crippen molar-refractivity contribution in [3.05, 3.63) is 82.9 Å². The molecule has 3 aromatic carbocycles. The number of nitrogens with zero attached hydrogens (tertiary/aromatic N) is 3. The number of halogens is 7. The molecule has 1 aliphatic rings. The molecule has 1 heterocycles. The number of alkyl halides is 6. The number of benzene rings is 3. The van der Waals surface area contributed by atoms with Gasteiger partial charge in [-0.25, -0.2) is 8.42 Å². The Balaban J connectivity index is 1.78. The van der Waals surface area contributed by atoms with E-state index < -0.39 is 46.0 Å². The highest BCUT2D eigenvalue weighted by Gasteiger charge is 2.74. The van der Waals surface area contributed by atoms with Gasteiger partial charge in [0.15, 0.2) is 9.84 Å². The second kappa shape index (κ2) is 10.1. The molecular weight excluding hydrogens is 584 g/mol. The summed E-state index contributed by atoms with van der Waals surface area (Å²) in [5.74, 6) is 0. The Morgan fingerprint density at radius 3 is 2.08 bits per heavy atom. The molecule has 4 rings (SSSR count). The van der Waals surface area contributed by atoms with Gasteiger partial charge in [-0.15, -0.1) is 0 Å². The molecule has 0 radical (unpaired) electrons. The molecule has 0 aromatic heterocycles. The Morgan fingerprint density at radius 2 is 1.55 bits per heavy atom. The number of anilines is 1. The maximum absolute atomic E-state index is 13.6. The van der Waals surface area contributed by atoms with Gasteiger partial charge in [-0.05, 0) is 41.0 Å². The third-order valence-corrected chi connectivity index (χ3v) is 7.85. The smallest absolute Gasteiger partial charge is 0.369 e. The predicted octanol–water partition coefficient (Wildman–Crippen LogP) is 6.45. The SMILES string of the molecule is CS(=O)(=O)c1ccc(-c2ccc(C3CC(C(O)(C(F)(F)F)C(F)(F)F)=NN3c3ccccc3Cl)cc2)cc1C#N. The van der Waals surface area contributed by atoms with Gasteiger partial charge in [-0.1, -0.05) is 54.1 Å². The maximum atomic E-state index is 13.6. The Morgan fingerprint density at radius 1 is 0.975 bits per heavy atom. The van der Waals surface area contributed by atoms with Crippen LogP contribution < -0.4 is 5.01 Å². The fraction of sp³-hybridized carbons (Fsp3) is 0.231. The van der Waals surface area contributed by atoms with E-state index in [-0.39, 0.29) is 26.7 Å². The normalized spacial score (nSPS) is 16.6. The highest BCUT2D eigenvalue weighted by atomic mass is 35.5. The van der Waals surface area contributed by atoms with Crippen LogP contribution in [0.25, 0.3) is 11.1 Å². The average molecular weight is 602 g/mol. The lowest BCUT2D eigenvalue weighted by atomic mass is 9.89. The quantitative estimate of drug-likeness (QED) is 0.340. The van der Waals surface area contributed by atoms with E-state index >= 15 is 0 Å². The van der Waals surface area contributed by atoms with Crippen molar-refractivity contribution in [3.8, 4) is 17.2 Å². The standard InChI is InChI=1S/C26H18ClF6N3O3S/c1-40(38,39)22-11-10-17(12-18(22)14-34)15-6-8-16(9-7-15)21-13-23(24(37,25(28,29)30)26(31,32)33)35-36(21)20-5-3-2-4-19(20)27/h2-12,21,37H,13H2,1H3. The van der Waals surface area contributed by atoms with Crippen molar-refractivity contribution in [1.29, 1.82) is 5.26 Å². The van der Waals surface area contributed by atoms with Crippen LogP contribution in [0.4, 0.5) is 32.0 Å². The largest absolute Gasteiger partial charge is 0.431 e. The van der Waals surface area contributed by atoms with E-state index in [0.29, 0.717) is 11.1 Å². The number of hydrazone groups is 1. The Bertz CT molecular complexity index is 1620. The molecule has 14 heteroatoms. The maximum Gasteiger partial charge on any atom is 0.431 e. The number of hydrogen-bond donors (Lipinski definition) is 1. The monoisotopic (exact) mass is 601 g/mol. The van der Waals surface area contributed by atoms with Crippen LogP contribution in [-0.4, -0.2) is 43.4 Å². The van der Waals surface area contributed by atoms with Crippen LogP contribution in [0, 0.1) is 11.3 Å². The zero-order chi connectivity index (χ0) is 29.7. The molecule has 6 nitrogen and oxygen atoms in total. The van der Waals surface area contributed by atoms with Gasteiger partial charge < -0.3 is 5.11 Å². The van der Waals surface area contributed by atoms with Crippen molar-refractivity contribution in [1.82, 2.24) is 0 Å². The molecular formula is C26H18ClF6N3O3S. The number of sulfone groups is 1. The minimum Gasteiger partial charge on any atom is -0.369 e. The predicted molar refractivity (Wildman–Crippen MR) is 135 cm³/mol. The number of rotatable bonds is 5. The van der Waals surface area contributed by atoms with Crippen LogP contribution in [0.2, 0.25) is 5.02 Å². The van der Waals surface area contributed by atoms with E-state index in [1.165, 1.54) is 66.7 Å². The van der Waals surface area contributed by atoms with Gasteiger partial charge in [0.2, 0.25) is 0 Å². The van der Waals surface area contributed by atoms with Crippen molar-refractivity contribution in [3.63, 3.8) is 0 Å². The zero-order valence-corrected chi connectivity index (χ0v) is 21.9. The summed E-state index contributed by atoms with van der Waals surface area (Å²) >= 11 is 6.19. The average Bonchev–Trinajstić information content (AvgIpc) is 3.31. The summed E-state index contributed by atoms with van der Waals surface area (Å²) in [4.78, 5) is -0.164. The molecule has 1 unspecified atom stereocenters. The van der Waals surface area contributed by atoms with Crippen LogP contribution >= 0.6 is 11.6 Å². The van der Waals surface area contributed by atoms with Gasteiger partial charge in [0, 0.05) is 12.7 Å². The summed E-state index contributed by atoms with van der Waals surface area (Å²) in [6.07, 6.45) is -12.2. The fourth-order valence-corrected chi connectivity index (χ4v) is 5.40. The molecule has 1 aliphatic heterocycles. The summed E-state index contributed by atoms with van der Waals surface area (Å²) < 4.78 is 106. The minimum atomic E-state index is -6.11. The van der Waals surface area contributed by atoms with E-state index in [1.54, 1.807) is 0 Å². The first-order valence-corrected chi connectivity index (χ1v) is 13.6. The first-order chi connectivity index (χ1) is 18.5. The number of hydrogen-bond acceptors (Lipinski definition) is 6. The lowest BCUT2D eigenvalue weighted by Gasteiger charge is -2.32. The van der Waals surface area contributed by atoms with Crippen molar-refractivity contribution in [2.75, 3.05) is 11.3 Å². The van der Waals surface area contributed by atoms with Gasteiger partial charge in [-0.2, -0.15) is 36.7 Å². The molecule has 0 aliphatic carbocycles. The summed E-state index contributed by atoms with van der Waals surface area (Å²) in [6.45, 7) is 0. The van der Waals surface area contributed by atoms with Crippen molar-refractivity contribution >= 4 is 32.8 Å². The summed E-state index contributed by atoms with van der Waals surface area (Å²) in [5.41, 5.74) is -5.62. The first-order valence-electron chi connectivity index (χ1n) is 11.3. The molecule has 0 saturated carbocycles. The molecule has 210 valence electrons. The summed E-state index contributed by atoms with van der Waals surface area (Å²) in [7, 11) is -3.67. The Hall–Kier alpha value is -3.60. The molecule has 0 bridgehead atoms. The Labute approximate surface area is 229 Å². The minimum absolute atomic E-state index is 0.00618. The lowest BCUT2D eigenvalue weighted by molar-refractivity contribution is -0.338. The topological polar surface area (TPSA) is 93.8 Å². The molecule has 0 fully saturated rings. The zero-order valence-electron chi connectivity index (χ0n) is 20.3. The van der Waals surface area contributed by atoms with Crippen molar-refractivity contribution in [2.24, 2.45) is 5.10 Å². The van der Waals surface area contributed by atoms with Gasteiger partial charge in [0.05, 0.1) is 32.9 Å². The Kier molecular flexibility index (Phi) is 7.42. The van der Waals surface area contributed by atoms with Crippen molar-refractivity contribution < 1.29 is 39.9 Å². The third kappa shape index (κ3) is 5.14. The molecule has 0 saturated heterocycles. The van der Waals surface area contributed by atoms with Crippen LogP contribution in [0.3, 0.4) is 0 Å². The third-order valence-electron chi connectivity index (χ3n) is 6.38. The van der Waals surface area contributed by atoms with E-state index in [0.717, 1.165) is 11.3 Å². The molecule has 40 heavy (non-hydrogen) atoms. The lowest BCUT2D eigenvalue weighted by Crippen LogP contribution is -2.62. The van der Waals surface area contributed by atoms with E-state index in [9.17, 15) is 45.1 Å².